The lowest BCUT2D eigenvalue weighted by molar-refractivity contribution is 0.282. The number of aliphatic hydroxyl groups is 1. The Morgan fingerprint density at radius 3 is 2.70 bits per heavy atom. The van der Waals surface area contributed by atoms with Crippen LogP contribution in [0.4, 0.5) is 5.69 Å². The summed E-state index contributed by atoms with van der Waals surface area (Å²) in [7, 11) is 0. The molecule has 2 N–H and O–H groups in total. The van der Waals surface area contributed by atoms with E-state index in [0.29, 0.717) is 29.7 Å². The molecular weight excluding hydrogens is 314 g/mol. The Hall–Kier alpha value is -2.37. The quantitative estimate of drug-likeness (QED) is 0.725. The van der Waals surface area contributed by atoms with Crippen molar-refractivity contribution in [3.63, 3.8) is 0 Å². The zero-order valence-corrected chi connectivity index (χ0v) is 13.1. The van der Waals surface area contributed by atoms with Crippen LogP contribution >= 0.6 is 11.6 Å². The van der Waals surface area contributed by atoms with Gasteiger partial charge in [0.05, 0.1) is 30.3 Å². The molecule has 0 amide bonds. The number of benzene rings is 2. The highest BCUT2D eigenvalue weighted by Crippen LogP contribution is 2.23. The Balaban J connectivity index is 1.63. The second kappa shape index (κ2) is 7.26. The third-order valence-corrected chi connectivity index (χ3v) is 3.69. The second-order valence-corrected chi connectivity index (χ2v) is 5.50. The first-order valence-corrected chi connectivity index (χ1v) is 7.61. The minimum absolute atomic E-state index is 0.0325. The van der Waals surface area contributed by atoms with Crippen LogP contribution in [0, 0.1) is 0 Å². The summed E-state index contributed by atoms with van der Waals surface area (Å²) in [5.41, 5.74) is 2.64. The zero-order valence-electron chi connectivity index (χ0n) is 12.4. The molecule has 6 heteroatoms. The van der Waals surface area contributed by atoms with Gasteiger partial charge in [-0.3, -0.25) is 0 Å². The van der Waals surface area contributed by atoms with Crippen molar-refractivity contribution < 1.29 is 9.63 Å². The molecule has 2 aromatic carbocycles. The van der Waals surface area contributed by atoms with Crippen molar-refractivity contribution in [2.45, 2.75) is 19.6 Å². The molecule has 0 saturated carbocycles. The van der Waals surface area contributed by atoms with E-state index in [4.69, 9.17) is 16.1 Å². The maximum Gasteiger partial charge on any atom is 0.231 e. The highest BCUT2D eigenvalue weighted by atomic mass is 35.5. The van der Waals surface area contributed by atoms with Crippen molar-refractivity contribution in [2.75, 3.05) is 5.32 Å². The molecule has 0 aliphatic carbocycles. The Morgan fingerprint density at radius 1 is 1.09 bits per heavy atom. The Bertz CT molecular complexity index is 775. The number of hydrogen-bond acceptors (Lipinski definition) is 5. The van der Waals surface area contributed by atoms with Gasteiger partial charge < -0.3 is 14.9 Å². The summed E-state index contributed by atoms with van der Waals surface area (Å²) in [6, 6.07) is 15.3. The van der Waals surface area contributed by atoms with E-state index in [-0.39, 0.29) is 6.61 Å². The predicted octanol–water partition coefficient (Wildman–Crippen LogP) is 3.42. The van der Waals surface area contributed by atoms with E-state index in [1.54, 1.807) is 18.2 Å². The molecule has 23 heavy (non-hydrogen) atoms. The van der Waals surface area contributed by atoms with Gasteiger partial charge in [-0.1, -0.05) is 53.2 Å². The number of anilines is 1. The number of halogens is 1. The van der Waals surface area contributed by atoms with Gasteiger partial charge in [0.15, 0.2) is 5.82 Å². The Kier molecular flexibility index (Phi) is 4.90. The summed E-state index contributed by atoms with van der Waals surface area (Å²) in [6.07, 6.45) is 0.606. The van der Waals surface area contributed by atoms with Crippen molar-refractivity contribution in [2.24, 2.45) is 0 Å². The summed E-state index contributed by atoms with van der Waals surface area (Å²) in [4.78, 5) is 4.36. The third kappa shape index (κ3) is 4.09. The van der Waals surface area contributed by atoms with Crippen LogP contribution in [-0.2, 0) is 19.6 Å². The Labute approximate surface area is 138 Å². The van der Waals surface area contributed by atoms with Gasteiger partial charge in [-0.15, -0.1) is 0 Å². The maximum absolute atomic E-state index is 9.17. The van der Waals surface area contributed by atoms with E-state index in [9.17, 15) is 5.11 Å². The SMILES string of the molecule is OCc1ccc(Cl)c(NCc2noc(Cc3ccccc3)n2)c1. The van der Waals surface area contributed by atoms with Crippen molar-refractivity contribution >= 4 is 17.3 Å². The van der Waals surface area contributed by atoms with Gasteiger partial charge in [-0.25, -0.2) is 0 Å². The van der Waals surface area contributed by atoms with Gasteiger partial charge in [0, 0.05) is 0 Å². The molecule has 0 unspecified atom stereocenters. The molecule has 3 aromatic rings. The van der Waals surface area contributed by atoms with Crippen molar-refractivity contribution in [3.8, 4) is 0 Å². The lowest BCUT2D eigenvalue weighted by atomic mass is 10.1. The van der Waals surface area contributed by atoms with Gasteiger partial charge in [0.25, 0.3) is 0 Å². The molecule has 0 radical (unpaired) electrons. The van der Waals surface area contributed by atoms with Crippen LogP contribution in [0.1, 0.15) is 22.8 Å². The first kappa shape index (κ1) is 15.5. The summed E-state index contributed by atoms with van der Waals surface area (Å²) in [5.74, 6) is 1.13. The van der Waals surface area contributed by atoms with Gasteiger partial charge in [-0.05, 0) is 23.3 Å². The molecule has 5 nitrogen and oxygen atoms in total. The third-order valence-electron chi connectivity index (χ3n) is 3.36. The molecule has 0 spiro atoms. The molecule has 118 valence electrons. The van der Waals surface area contributed by atoms with Crippen LogP contribution < -0.4 is 5.32 Å². The average Bonchev–Trinajstić information content (AvgIpc) is 3.02. The summed E-state index contributed by atoms with van der Waals surface area (Å²) >= 11 is 6.12. The van der Waals surface area contributed by atoms with Crippen molar-refractivity contribution in [1.82, 2.24) is 10.1 Å². The second-order valence-electron chi connectivity index (χ2n) is 5.09. The average molecular weight is 330 g/mol. The fourth-order valence-electron chi connectivity index (χ4n) is 2.18. The number of nitrogens with zero attached hydrogens (tertiary/aromatic N) is 2. The first-order chi connectivity index (χ1) is 11.2. The van der Waals surface area contributed by atoms with Gasteiger partial charge in [-0.2, -0.15) is 4.98 Å². The fourth-order valence-corrected chi connectivity index (χ4v) is 2.37. The van der Waals surface area contributed by atoms with E-state index in [2.05, 4.69) is 15.5 Å². The molecule has 0 aliphatic heterocycles. The molecule has 1 heterocycles. The Morgan fingerprint density at radius 2 is 1.91 bits per heavy atom. The largest absolute Gasteiger partial charge is 0.392 e. The first-order valence-electron chi connectivity index (χ1n) is 7.23. The molecular formula is C17H16ClN3O2. The van der Waals surface area contributed by atoms with E-state index < -0.39 is 0 Å². The van der Waals surface area contributed by atoms with E-state index in [1.807, 2.05) is 30.3 Å². The molecule has 0 aliphatic rings. The van der Waals surface area contributed by atoms with E-state index in [0.717, 1.165) is 16.8 Å². The van der Waals surface area contributed by atoms with Gasteiger partial charge >= 0.3 is 0 Å². The van der Waals surface area contributed by atoms with Crippen molar-refractivity contribution in [1.29, 1.82) is 0 Å². The van der Waals surface area contributed by atoms with Crippen LogP contribution in [0.2, 0.25) is 5.02 Å². The van der Waals surface area contributed by atoms with Crippen molar-refractivity contribution in [3.05, 3.63) is 76.4 Å². The lowest BCUT2D eigenvalue weighted by Crippen LogP contribution is -2.02. The van der Waals surface area contributed by atoms with Crippen LogP contribution in [0.3, 0.4) is 0 Å². The fraction of sp³-hybridized carbons (Fsp3) is 0.176. The number of rotatable bonds is 6. The topological polar surface area (TPSA) is 71.2 Å². The molecule has 0 fully saturated rings. The molecule has 0 atom stereocenters. The monoisotopic (exact) mass is 329 g/mol. The van der Waals surface area contributed by atoms with Gasteiger partial charge in [0.1, 0.15) is 0 Å². The lowest BCUT2D eigenvalue weighted by Gasteiger charge is -2.07. The van der Waals surface area contributed by atoms with Crippen LogP contribution in [0.5, 0.6) is 0 Å². The van der Waals surface area contributed by atoms with Gasteiger partial charge in [0.2, 0.25) is 5.89 Å². The summed E-state index contributed by atoms with van der Waals surface area (Å²) < 4.78 is 5.26. The maximum atomic E-state index is 9.17. The number of nitrogens with one attached hydrogen (secondary N) is 1. The molecule has 0 bridgehead atoms. The van der Waals surface area contributed by atoms with Crippen LogP contribution in [0.15, 0.2) is 53.1 Å². The van der Waals surface area contributed by atoms with Crippen LogP contribution in [0.25, 0.3) is 0 Å². The normalized spacial score (nSPS) is 10.7. The highest BCUT2D eigenvalue weighted by Gasteiger charge is 2.08. The smallest absolute Gasteiger partial charge is 0.231 e. The number of hydrogen-bond donors (Lipinski definition) is 2. The molecule has 1 aromatic heterocycles. The number of aromatic nitrogens is 2. The van der Waals surface area contributed by atoms with E-state index >= 15 is 0 Å². The van der Waals surface area contributed by atoms with E-state index in [1.165, 1.54) is 0 Å². The summed E-state index contributed by atoms with van der Waals surface area (Å²) in [6.45, 7) is 0.363. The standard InChI is InChI=1S/C17H16ClN3O2/c18-14-7-6-13(11-22)8-15(14)19-10-16-20-17(23-21-16)9-12-4-2-1-3-5-12/h1-8,19,22H,9-11H2. The zero-order chi connectivity index (χ0) is 16.1. The minimum atomic E-state index is -0.0325. The minimum Gasteiger partial charge on any atom is -0.392 e. The van der Waals surface area contributed by atoms with Crippen LogP contribution in [-0.4, -0.2) is 15.2 Å². The molecule has 3 rings (SSSR count). The predicted molar refractivity (Wildman–Crippen MR) is 88.2 cm³/mol. The number of aliphatic hydroxyl groups excluding tert-OH is 1. The summed E-state index contributed by atoms with van der Waals surface area (Å²) in [5, 5.41) is 16.9. The molecule has 0 saturated heterocycles. The highest BCUT2D eigenvalue weighted by molar-refractivity contribution is 6.33.